The minimum Gasteiger partial charge on any atom is -0.390 e. The van der Waals surface area contributed by atoms with Crippen molar-refractivity contribution in [1.29, 1.82) is 0 Å². The van der Waals surface area contributed by atoms with E-state index in [0.29, 0.717) is 12.1 Å². The quantitative estimate of drug-likeness (QED) is 0.754. The molecule has 0 saturated carbocycles. The summed E-state index contributed by atoms with van der Waals surface area (Å²) in [6, 6.07) is 13.3. The maximum Gasteiger partial charge on any atom is 0.252 e. The van der Waals surface area contributed by atoms with Gasteiger partial charge in [-0.2, -0.15) is 0 Å². The first-order valence-electron chi connectivity index (χ1n) is 9.04. The third-order valence-electron chi connectivity index (χ3n) is 4.61. The van der Waals surface area contributed by atoms with Crippen molar-refractivity contribution in [3.05, 3.63) is 60.4 Å². The number of rotatable bonds is 5. The van der Waals surface area contributed by atoms with Crippen molar-refractivity contribution in [2.24, 2.45) is 5.16 Å². The fourth-order valence-corrected chi connectivity index (χ4v) is 3.13. The van der Waals surface area contributed by atoms with Gasteiger partial charge in [0.1, 0.15) is 6.10 Å². The van der Waals surface area contributed by atoms with Crippen LogP contribution in [0, 0.1) is 0 Å². The van der Waals surface area contributed by atoms with Gasteiger partial charge in [-0.3, -0.25) is 9.78 Å². The van der Waals surface area contributed by atoms with Crippen molar-refractivity contribution in [3.8, 4) is 11.3 Å². The molecule has 1 N–H and O–H groups in total. The van der Waals surface area contributed by atoms with E-state index in [1.165, 1.54) is 0 Å². The SMILES string of the molecule is CCC1=NO[C@H](CNC(=O)c2cc(-c3cccnc3)nc3ccccc23)C1. The molecule has 6 heteroatoms. The lowest BCUT2D eigenvalue weighted by Gasteiger charge is -2.12. The Balaban J connectivity index is 1.61. The Hall–Kier alpha value is -3.28. The van der Waals surface area contributed by atoms with Gasteiger partial charge in [0.05, 0.1) is 29.0 Å². The molecule has 0 fully saturated rings. The number of pyridine rings is 2. The molecular weight excluding hydrogens is 340 g/mol. The normalized spacial score (nSPS) is 16.0. The molecule has 0 bridgehead atoms. The van der Waals surface area contributed by atoms with Crippen LogP contribution in [0.15, 0.2) is 60.0 Å². The van der Waals surface area contributed by atoms with Crippen LogP contribution in [-0.2, 0) is 4.84 Å². The average Bonchev–Trinajstić information content (AvgIpc) is 3.20. The molecule has 3 aromatic rings. The minimum absolute atomic E-state index is 0.102. The Morgan fingerprint density at radius 3 is 2.93 bits per heavy atom. The minimum atomic E-state index is -0.146. The van der Waals surface area contributed by atoms with Crippen LogP contribution in [0.4, 0.5) is 0 Å². The summed E-state index contributed by atoms with van der Waals surface area (Å²) in [5.41, 5.74) is 3.99. The summed E-state index contributed by atoms with van der Waals surface area (Å²) in [7, 11) is 0. The van der Waals surface area contributed by atoms with Gasteiger partial charge in [-0.25, -0.2) is 4.98 Å². The molecule has 1 atom stereocenters. The summed E-state index contributed by atoms with van der Waals surface area (Å²) in [5.74, 6) is -0.146. The molecule has 3 heterocycles. The van der Waals surface area contributed by atoms with E-state index in [1.54, 1.807) is 12.4 Å². The first kappa shape index (κ1) is 17.1. The van der Waals surface area contributed by atoms with E-state index >= 15 is 0 Å². The zero-order valence-corrected chi connectivity index (χ0v) is 15.1. The third kappa shape index (κ3) is 3.65. The molecule has 4 rings (SSSR count). The van der Waals surface area contributed by atoms with Crippen LogP contribution in [0.3, 0.4) is 0 Å². The van der Waals surface area contributed by atoms with E-state index < -0.39 is 0 Å². The number of para-hydroxylation sites is 1. The van der Waals surface area contributed by atoms with Gasteiger partial charge in [0.25, 0.3) is 5.91 Å². The smallest absolute Gasteiger partial charge is 0.252 e. The summed E-state index contributed by atoms with van der Waals surface area (Å²) in [5, 5.41) is 7.83. The number of nitrogens with one attached hydrogen (secondary N) is 1. The van der Waals surface area contributed by atoms with Gasteiger partial charge >= 0.3 is 0 Å². The number of amides is 1. The van der Waals surface area contributed by atoms with Crippen molar-refractivity contribution in [2.45, 2.75) is 25.9 Å². The molecule has 136 valence electrons. The van der Waals surface area contributed by atoms with E-state index in [0.717, 1.165) is 40.7 Å². The number of hydrogen-bond donors (Lipinski definition) is 1. The number of fused-ring (bicyclic) bond motifs is 1. The third-order valence-corrected chi connectivity index (χ3v) is 4.61. The summed E-state index contributed by atoms with van der Waals surface area (Å²) in [4.78, 5) is 27.1. The molecule has 1 aliphatic rings. The fraction of sp³-hybridized carbons (Fsp3) is 0.238. The van der Waals surface area contributed by atoms with Gasteiger partial charge in [0, 0.05) is 29.8 Å². The topological polar surface area (TPSA) is 76.5 Å². The Morgan fingerprint density at radius 2 is 2.15 bits per heavy atom. The lowest BCUT2D eigenvalue weighted by molar-refractivity contribution is 0.0754. The molecule has 2 aromatic heterocycles. The molecule has 27 heavy (non-hydrogen) atoms. The molecule has 1 amide bonds. The summed E-state index contributed by atoms with van der Waals surface area (Å²) < 4.78 is 0. The number of nitrogens with zero attached hydrogens (tertiary/aromatic N) is 3. The highest BCUT2D eigenvalue weighted by Gasteiger charge is 2.21. The van der Waals surface area contributed by atoms with Crippen LogP contribution >= 0.6 is 0 Å². The zero-order chi connectivity index (χ0) is 18.6. The highest BCUT2D eigenvalue weighted by Crippen LogP contribution is 2.24. The van der Waals surface area contributed by atoms with Gasteiger partial charge < -0.3 is 10.2 Å². The van der Waals surface area contributed by atoms with Crippen LogP contribution < -0.4 is 5.32 Å². The number of carbonyl (C=O) groups excluding carboxylic acids is 1. The number of oxime groups is 1. The first-order valence-corrected chi connectivity index (χ1v) is 9.04. The lowest BCUT2D eigenvalue weighted by atomic mass is 10.0. The zero-order valence-electron chi connectivity index (χ0n) is 15.1. The predicted octanol–water partition coefficient (Wildman–Crippen LogP) is 3.58. The molecule has 0 spiro atoms. The number of benzene rings is 1. The Bertz CT molecular complexity index is 1000. The molecule has 6 nitrogen and oxygen atoms in total. The molecule has 1 aromatic carbocycles. The van der Waals surface area contributed by atoms with Crippen molar-refractivity contribution in [1.82, 2.24) is 15.3 Å². The van der Waals surface area contributed by atoms with Gasteiger partial charge in [0.15, 0.2) is 0 Å². The summed E-state index contributed by atoms with van der Waals surface area (Å²) in [6.45, 7) is 2.47. The molecule has 0 radical (unpaired) electrons. The van der Waals surface area contributed by atoms with Crippen molar-refractivity contribution >= 4 is 22.5 Å². The first-order chi connectivity index (χ1) is 13.2. The van der Waals surface area contributed by atoms with Crippen LogP contribution in [0.1, 0.15) is 30.1 Å². The predicted molar refractivity (Wildman–Crippen MR) is 105 cm³/mol. The molecule has 0 aliphatic carbocycles. The van der Waals surface area contributed by atoms with Crippen LogP contribution in [0.5, 0.6) is 0 Å². The molecule has 1 aliphatic heterocycles. The molecular formula is C21H20N4O2. The number of aromatic nitrogens is 2. The van der Waals surface area contributed by atoms with Crippen molar-refractivity contribution < 1.29 is 9.63 Å². The largest absolute Gasteiger partial charge is 0.390 e. The Morgan fingerprint density at radius 1 is 1.26 bits per heavy atom. The highest BCUT2D eigenvalue weighted by atomic mass is 16.6. The van der Waals surface area contributed by atoms with Crippen LogP contribution in [0.2, 0.25) is 0 Å². The van der Waals surface area contributed by atoms with E-state index in [1.807, 2.05) is 49.4 Å². The Labute approximate surface area is 157 Å². The van der Waals surface area contributed by atoms with Crippen LogP contribution in [-0.4, -0.2) is 34.2 Å². The molecule has 0 unspecified atom stereocenters. The maximum absolute atomic E-state index is 12.9. The van der Waals surface area contributed by atoms with Gasteiger partial charge in [0.2, 0.25) is 0 Å². The second-order valence-electron chi connectivity index (χ2n) is 6.47. The lowest BCUT2D eigenvalue weighted by Crippen LogP contribution is -2.32. The second kappa shape index (κ2) is 7.53. The second-order valence-corrected chi connectivity index (χ2v) is 6.47. The standard InChI is InChI=1S/C21H20N4O2/c1-2-15-10-16(27-25-15)13-23-21(26)18-11-20(14-6-5-9-22-12-14)24-19-8-4-3-7-17(18)19/h3-9,11-12,16H,2,10,13H2,1H3,(H,23,26)/t16-/m0/s1. The van der Waals surface area contributed by atoms with Crippen molar-refractivity contribution in [3.63, 3.8) is 0 Å². The van der Waals surface area contributed by atoms with Gasteiger partial charge in [-0.05, 0) is 30.7 Å². The fourth-order valence-electron chi connectivity index (χ4n) is 3.13. The van der Waals surface area contributed by atoms with Crippen LogP contribution in [0.25, 0.3) is 22.2 Å². The monoisotopic (exact) mass is 360 g/mol. The summed E-state index contributed by atoms with van der Waals surface area (Å²) in [6.07, 6.45) is 4.99. The van der Waals surface area contributed by atoms with E-state index in [-0.39, 0.29) is 12.0 Å². The van der Waals surface area contributed by atoms with Gasteiger partial charge in [-0.15, -0.1) is 0 Å². The number of hydrogen-bond acceptors (Lipinski definition) is 5. The maximum atomic E-state index is 12.9. The Kier molecular flexibility index (Phi) is 4.78. The van der Waals surface area contributed by atoms with E-state index in [4.69, 9.17) is 4.84 Å². The van der Waals surface area contributed by atoms with E-state index in [2.05, 4.69) is 20.4 Å². The average molecular weight is 360 g/mol. The van der Waals surface area contributed by atoms with Crippen molar-refractivity contribution in [2.75, 3.05) is 6.54 Å². The van der Waals surface area contributed by atoms with E-state index in [9.17, 15) is 4.79 Å². The summed E-state index contributed by atoms with van der Waals surface area (Å²) >= 11 is 0. The highest BCUT2D eigenvalue weighted by molar-refractivity contribution is 6.07. The molecule has 0 saturated heterocycles. The van der Waals surface area contributed by atoms with Gasteiger partial charge in [-0.1, -0.05) is 30.3 Å². The number of carbonyl (C=O) groups is 1.